The molecule has 3 rings (SSSR count). The first-order valence-electron chi connectivity index (χ1n) is 8.56. The van der Waals surface area contributed by atoms with Crippen molar-refractivity contribution < 1.29 is 18.8 Å². The number of benzene rings is 1. The number of rotatable bonds is 4. The minimum Gasteiger partial charge on any atom is -0.399 e. The van der Waals surface area contributed by atoms with E-state index in [2.05, 4.69) is 39.8 Å². The third kappa shape index (κ3) is 3.63. The van der Waals surface area contributed by atoms with Crippen LogP contribution >= 0.6 is 0 Å². The van der Waals surface area contributed by atoms with Gasteiger partial charge in [0.15, 0.2) is 6.29 Å². The maximum Gasteiger partial charge on any atom is 0.495 e. The summed E-state index contributed by atoms with van der Waals surface area (Å²) in [7, 11) is -0.355. The molecule has 2 saturated heterocycles. The predicted molar refractivity (Wildman–Crippen MR) is 90.5 cm³/mol. The summed E-state index contributed by atoms with van der Waals surface area (Å²) < 4.78 is 23.9. The highest BCUT2D eigenvalue weighted by Crippen LogP contribution is 2.36. The Morgan fingerprint density at radius 1 is 1.09 bits per heavy atom. The Kier molecular flexibility index (Phi) is 4.84. The van der Waals surface area contributed by atoms with Crippen LogP contribution in [0.5, 0.6) is 0 Å². The molecule has 0 saturated carbocycles. The van der Waals surface area contributed by atoms with Crippen LogP contribution in [0.15, 0.2) is 24.3 Å². The molecule has 0 amide bonds. The smallest absolute Gasteiger partial charge is 0.399 e. The van der Waals surface area contributed by atoms with E-state index in [0.717, 1.165) is 30.5 Å². The molecule has 1 aromatic carbocycles. The zero-order valence-corrected chi connectivity index (χ0v) is 14.6. The van der Waals surface area contributed by atoms with E-state index >= 15 is 0 Å². The molecular weight excluding hydrogens is 291 g/mol. The molecule has 2 aliphatic heterocycles. The molecule has 1 unspecified atom stereocenters. The van der Waals surface area contributed by atoms with Crippen LogP contribution in [0.4, 0.5) is 0 Å². The van der Waals surface area contributed by atoms with Crippen molar-refractivity contribution in [2.45, 2.75) is 71.1 Å². The molecule has 2 aliphatic rings. The molecule has 0 radical (unpaired) electrons. The summed E-state index contributed by atoms with van der Waals surface area (Å²) in [5.74, 6) is 0. The molecule has 23 heavy (non-hydrogen) atoms. The van der Waals surface area contributed by atoms with Crippen molar-refractivity contribution >= 4 is 12.6 Å². The van der Waals surface area contributed by atoms with E-state index < -0.39 is 0 Å². The monoisotopic (exact) mass is 318 g/mol. The van der Waals surface area contributed by atoms with Gasteiger partial charge >= 0.3 is 7.12 Å². The second kappa shape index (κ2) is 6.56. The summed E-state index contributed by atoms with van der Waals surface area (Å²) >= 11 is 0. The van der Waals surface area contributed by atoms with Gasteiger partial charge in [-0.1, -0.05) is 24.3 Å². The highest BCUT2D eigenvalue weighted by molar-refractivity contribution is 6.62. The lowest BCUT2D eigenvalue weighted by Gasteiger charge is -2.32. The minimum absolute atomic E-state index is 0.0879. The lowest BCUT2D eigenvalue weighted by atomic mass is 9.76. The average molecular weight is 318 g/mol. The van der Waals surface area contributed by atoms with Crippen LogP contribution in [0.2, 0.25) is 0 Å². The molecule has 0 aliphatic carbocycles. The summed E-state index contributed by atoms with van der Waals surface area (Å²) in [5.41, 5.74) is 1.47. The zero-order chi connectivity index (χ0) is 16.5. The first kappa shape index (κ1) is 17.0. The summed E-state index contributed by atoms with van der Waals surface area (Å²) in [4.78, 5) is 0. The maximum absolute atomic E-state index is 6.17. The van der Waals surface area contributed by atoms with Crippen LogP contribution in [0.1, 0.15) is 52.5 Å². The topological polar surface area (TPSA) is 36.9 Å². The largest absolute Gasteiger partial charge is 0.495 e. The first-order chi connectivity index (χ1) is 10.9. The molecule has 0 N–H and O–H groups in total. The molecular formula is C18H27BO4. The number of hydrogen-bond acceptors (Lipinski definition) is 4. The molecule has 4 nitrogen and oxygen atoms in total. The fourth-order valence-electron chi connectivity index (χ4n) is 2.89. The molecule has 1 aromatic rings. The quantitative estimate of drug-likeness (QED) is 0.800. The van der Waals surface area contributed by atoms with Crippen molar-refractivity contribution in [2.75, 3.05) is 6.61 Å². The third-order valence-corrected chi connectivity index (χ3v) is 5.12. The molecule has 1 atom stereocenters. The molecule has 0 bridgehead atoms. The van der Waals surface area contributed by atoms with Crippen LogP contribution in [-0.2, 0) is 25.4 Å². The van der Waals surface area contributed by atoms with Gasteiger partial charge in [-0.3, -0.25) is 0 Å². The summed E-state index contributed by atoms with van der Waals surface area (Å²) in [6.45, 7) is 9.60. The van der Waals surface area contributed by atoms with Crippen LogP contribution in [0.25, 0.3) is 0 Å². The van der Waals surface area contributed by atoms with E-state index in [9.17, 15) is 0 Å². The van der Waals surface area contributed by atoms with Crippen molar-refractivity contribution in [3.63, 3.8) is 0 Å². The Labute approximate surface area is 139 Å². The number of ether oxygens (including phenoxy) is 2. The Bertz CT molecular complexity index is 522. The first-order valence-corrected chi connectivity index (χ1v) is 8.56. The van der Waals surface area contributed by atoms with Gasteiger partial charge in [0.1, 0.15) is 0 Å². The van der Waals surface area contributed by atoms with E-state index in [4.69, 9.17) is 18.8 Å². The second-order valence-electron chi connectivity index (χ2n) is 7.39. The average Bonchev–Trinajstić information content (AvgIpc) is 2.75. The van der Waals surface area contributed by atoms with Crippen molar-refractivity contribution in [3.8, 4) is 0 Å². The van der Waals surface area contributed by atoms with Gasteiger partial charge in [-0.2, -0.15) is 0 Å². The Morgan fingerprint density at radius 3 is 2.43 bits per heavy atom. The van der Waals surface area contributed by atoms with Crippen molar-refractivity contribution in [3.05, 3.63) is 29.8 Å². The maximum atomic E-state index is 6.17. The molecule has 126 valence electrons. The Balaban J connectivity index is 1.71. The predicted octanol–water partition coefficient (Wildman–Crippen LogP) is 3.03. The van der Waals surface area contributed by atoms with E-state index in [-0.39, 0.29) is 24.6 Å². The molecule has 2 fully saturated rings. The third-order valence-electron chi connectivity index (χ3n) is 5.12. The van der Waals surface area contributed by atoms with Gasteiger partial charge in [-0.15, -0.1) is 0 Å². The van der Waals surface area contributed by atoms with Crippen molar-refractivity contribution in [2.24, 2.45) is 0 Å². The zero-order valence-electron chi connectivity index (χ0n) is 14.6. The summed E-state index contributed by atoms with van der Waals surface area (Å²) in [5, 5.41) is 0. The molecule has 2 heterocycles. The summed E-state index contributed by atoms with van der Waals surface area (Å²) in [6.07, 6.45) is 3.18. The highest BCUT2D eigenvalue weighted by atomic mass is 16.7. The molecule has 0 spiro atoms. The van der Waals surface area contributed by atoms with Crippen molar-refractivity contribution in [1.29, 1.82) is 0 Å². The van der Waals surface area contributed by atoms with E-state index in [1.807, 2.05) is 12.1 Å². The van der Waals surface area contributed by atoms with Gasteiger partial charge in [-0.05, 0) is 58.0 Å². The summed E-state index contributed by atoms with van der Waals surface area (Å²) in [6, 6.07) is 8.17. The van der Waals surface area contributed by atoms with Gasteiger partial charge < -0.3 is 18.8 Å². The van der Waals surface area contributed by atoms with Crippen LogP contribution in [0.3, 0.4) is 0 Å². The molecule has 0 aromatic heterocycles. The minimum atomic E-state index is -0.355. The van der Waals surface area contributed by atoms with Gasteiger partial charge in [0.2, 0.25) is 0 Å². The fraction of sp³-hybridized carbons (Fsp3) is 0.667. The van der Waals surface area contributed by atoms with Gasteiger partial charge in [-0.25, -0.2) is 0 Å². The molecule has 5 heteroatoms. The standard InChI is InChI=1S/C18H27BO4/c1-17(2)18(3,4)23-19(22-17)15-10-6-5-9-14(15)13-21-16-11-7-8-12-20-16/h5-6,9-10,16H,7-8,11-13H2,1-4H3. The van der Waals surface area contributed by atoms with Gasteiger partial charge in [0.05, 0.1) is 17.8 Å². The normalized spacial score (nSPS) is 26.4. The fourth-order valence-corrected chi connectivity index (χ4v) is 2.89. The van der Waals surface area contributed by atoms with Crippen LogP contribution in [0, 0.1) is 0 Å². The van der Waals surface area contributed by atoms with Crippen molar-refractivity contribution in [1.82, 2.24) is 0 Å². The second-order valence-corrected chi connectivity index (χ2v) is 7.39. The van der Waals surface area contributed by atoms with Crippen LogP contribution < -0.4 is 5.46 Å². The highest BCUT2D eigenvalue weighted by Gasteiger charge is 2.52. The Hall–Kier alpha value is -0.875. The SMILES string of the molecule is CC1(C)OB(c2ccccc2COC2CCCCO2)OC1(C)C. The number of hydrogen-bond donors (Lipinski definition) is 0. The van der Waals surface area contributed by atoms with Crippen LogP contribution in [-0.4, -0.2) is 31.2 Å². The Morgan fingerprint density at radius 2 is 1.78 bits per heavy atom. The van der Waals surface area contributed by atoms with E-state index in [1.54, 1.807) is 0 Å². The lowest BCUT2D eigenvalue weighted by Crippen LogP contribution is -2.41. The van der Waals surface area contributed by atoms with Gasteiger partial charge in [0.25, 0.3) is 0 Å². The van der Waals surface area contributed by atoms with E-state index in [1.165, 1.54) is 6.42 Å². The van der Waals surface area contributed by atoms with Gasteiger partial charge in [0, 0.05) is 6.61 Å². The van der Waals surface area contributed by atoms with E-state index in [0.29, 0.717) is 6.61 Å². The lowest BCUT2D eigenvalue weighted by molar-refractivity contribution is -0.168.